The van der Waals surface area contributed by atoms with Crippen molar-refractivity contribution in [1.29, 1.82) is 0 Å². The molecular formula is C12H16N2O3S. The van der Waals surface area contributed by atoms with Gasteiger partial charge in [0.15, 0.2) is 11.5 Å². The summed E-state index contributed by atoms with van der Waals surface area (Å²) in [6, 6.07) is 0. The third kappa shape index (κ3) is 3.66. The van der Waals surface area contributed by atoms with E-state index in [9.17, 15) is 9.59 Å². The molecule has 0 amide bonds. The van der Waals surface area contributed by atoms with E-state index in [0.29, 0.717) is 9.88 Å². The molecule has 0 spiro atoms. The molecule has 0 radical (unpaired) electrons. The lowest BCUT2D eigenvalue weighted by atomic mass is 10.2. The van der Waals surface area contributed by atoms with Gasteiger partial charge in [0.25, 0.3) is 0 Å². The third-order valence-corrected chi connectivity index (χ3v) is 2.94. The molecular weight excluding hydrogens is 252 g/mol. The van der Waals surface area contributed by atoms with E-state index in [1.165, 1.54) is 17.4 Å². The summed E-state index contributed by atoms with van der Waals surface area (Å²) in [7, 11) is 3.63. The zero-order valence-electron chi connectivity index (χ0n) is 10.9. The van der Waals surface area contributed by atoms with Gasteiger partial charge in [-0.15, -0.1) is 11.3 Å². The van der Waals surface area contributed by atoms with Gasteiger partial charge in [0.05, 0.1) is 11.6 Å². The van der Waals surface area contributed by atoms with Crippen LogP contribution in [0.1, 0.15) is 32.1 Å². The molecule has 0 atom stereocenters. The van der Waals surface area contributed by atoms with Gasteiger partial charge in [0.2, 0.25) is 0 Å². The molecule has 0 bridgehead atoms. The zero-order chi connectivity index (χ0) is 13.7. The SMILES string of the molecule is CCOC(=O)c1nc(C)sc1C(=O)C=CN(C)C. The number of hydrogen-bond donors (Lipinski definition) is 0. The molecule has 0 aliphatic heterocycles. The van der Waals surface area contributed by atoms with Crippen molar-refractivity contribution in [3.8, 4) is 0 Å². The molecule has 18 heavy (non-hydrogen) atoms. The number of aromatic nitrogens is 1. The normalized spacial score (nSPS) is 10.7. The summed E-state index contributed by atoms with van der Waals surface area (Å²) in [5.74, 6) is -0.791. The van der Waals surface area contributed by atoms with Crippen molar-refractivity contribution in [1.82, 2.24) is 9.88 Å². The van der Waals surface area contributed by atoms with Crippen molar-refractivity contribution in [3.63, 3.8) is 0 Å². The van der Waals surface area contributed by atoms with Crippen molar-refractivity contribution in [2.45, 2.75) is 13.8 Å². The number of allylic oxidation sites excluding steroid dienone is 1. The Labute approximate surface area is 110 Å². The molecule has 0 aromatic carbocycles. The van der Waals surface area contributed by atoms with Crippen LogP contribution in [-0.2, 0) is 4.74 Å². The molecule has 0 saturated carbocycles. The maximum atomic E-state index is 11.9. The summed E-state index contributed by atoms with van der Waals surface area (Å²) in [5.41, 5.74) is 0.104. The first-order chi connectivity index (χ1) is 8.45. The van der Waals surface area contributed by atoms with Crippen LogP contribution in [-0.4, -0.2) is 42.3 Å². The second kappa shape index (κ2) is 6.30. The van der Waals surface area contributed by atoms with E-state index in [4.69, 9.17) is 4.74 Å². The highest BCUT2D eigenvalue weighted by Gasteiger charge is 2.21. The highest BCUT2D eigenvalue weighted by molar-refractivity contribution is 7.14. The lowest BCUT2D eigenvalue weighted by Crippen LogP contribution is -2.10. The lowest BCUT2D eigenvalue weighted by Gasteiger charge is -2.02. The van der Waals surface area contributed by atoms with Gasteiger partial charge in [-0.3, -0.25) is 4.79 Å². The Morgan fingerprint density at radius 2 is 2.11 bits per heavy atom. The van der Waals surface area contributed by atoms with Crippen LogP contribution in [0.25, 0.3) is 0 Å². The van der Waals surface area contributed by atoms with Crippen LogP contribution in [0, 0.1) is 6.92 Å². The second-order valence-electron chi connectivity index (χ2n) is 3.77. The van der Waals surface area contributed by atoms with Crippen molar-refractivity contribution >= 4 is 23.1 Å². The van der Waals surface area contributed by atoms with Crippen LogP contribution in [0.5, 0.6) is 0 Å². The number of esters is 1. The maximum Gasteiger partial charge on any atom is 0.358 e. The Bertz CT molecular complexity index is 478. The average molecular weight is 268 g/mol. The Kier molecular flexibility index (Phi) is 5.03. The number of thiazole rings is 1. The fourth-order valence-electron chi connectivity index (χ4n) is 1.22. The number of carbonyl (C=O) groups excluding carboxylic acids is 2. The molecule has 0 aliphatic rings. The minimum atomic E-state index is -0.552. The van der Waals surface area contributed by atoms with E-state index in [2.05, 4.69) is 4.98 Å². The van der Waals surface area contributed by atoms with E-state index in [-0.39, 0.29) is 18.1 Å². The molecule has 1 aromatic heterocycles. The van der Waals surface area contributed by atoms with Crippen LogP contribution in [0.3, 0.4) is 0 Å². The fourth-order valence-corrected chi connectivity index (χ4v) is 2.05. The number of ether oxygens (including phenoxy) is 1. The largest absolute Gasteiger partial charge is 0.461 e. The Morgan fingerprint density at radius 1 is 1.44 bits per heavy atom. The van der Waals surface area contributed by atoms with Gasteiger partial charge in [0.1, 0.15) is 4.88 Å². The van der Waals surface area contributed by atoms with Gasteiger partial charge in [-0.1, -0.05) is 0 Å². The number of aryl methyl sites for hydroxylation is 1. The van der Waals surface area contributed by atoms with Crippen LogP contribution in [0.15, 0.2) is 12.3 Å². The molecule has 1 rings (SSSR count). The smallest absolute Gasteiger partial charge is 0.358 e. The second-order valence-corrected chi connectivity index (χ2v) is 4.98. The average Bonchev–Trinajstić information content (AvgIpc) is 2.68. The summed E-state index contributed by atoms with van der Waals surface area (Å²) in [6.07, 6.45) is 3.04. The Morgan fingerprint density at radius 3 is 2.67 bits per heavy atom. The highest BCUT2D eigenvalue weighted by Crippen LogP contribution is 2.20. The summed E-state index contributed by atoms with van der Waals surface area (Å²) in [6.45, 7) is 3.72. The monoisotopic (exact) mass is 268 g/mol. The van der Waals surface area contributed by atoms with E-state index in [1.807, 2.05) is 14.1 Å². The minimum absolute atomic E-state index is 0.104. The zero-order valence-corrected chi connectivity index (χ0v) is 11.7. The molecule has 1 aromatic rings. The first-order valence-electron chi connectivity index (χ1n) is 5.49. The highest BCUT2D eigenvalue weighted by atomic mass is 32.1. The van der Waals surface area contributed by atoms with Gasteiger partial charge >= 0.3 is 5.97 Å². The topological polar surface area (TPSA) is 59.5 Å². The van der Waals surface area contributed by atoms with Gasteiger partial charge in [0, 0.05) is 26.4 Å². The predicted molar refractivity (Wildman–Crippen MR) is 70.0 cm³/mol. The number of carbonyl (C=O) groups is 2. The van der Waals surface area contributed by atoms with Gasteiger partial charge in [-0.25, -0.2) is 9.78 Å². The first-order valence-corrected chi connectivity index (χ1v) is 6.30. The molecule has 0 unspecified atom stereocenters. The van der Waals surface area contributed by atoms with E-state index in [0.717, 1.165) is 0 Å². The van der Waals surface area contributed by atoms with Crippen LogP contribution in [0.4, 0.5) is 0 Å². The summed E-state index contributed by atoms with van der Waals surface area (Å²) in [5, 5.41) is 0.666. The Balaban J connectivity index is 3.01. The quantitative estimate of drug-likeness (QED) is 0.463. The standard InChI is InChI=1S/C12H16N2O3S/c1-5-17-12(16)10-11(18-8(2)13-10)9(15)6-7-14(3)4/h6-7H,5H2,1-4H3. The number of nitrogens with zero attached hydrogens (tertiary/aromatic N) is 2. The third-order valence-electron chi connectivity index (χ3n) is 1.95. The number of rotatable bonds is 5. The van der Waals surface area contributed by atoms with E-state index < -0.39 is 5.97 Å². The summed E-state index contributed by atoms with van der Waals surface area (Å²) in [4.78, 5) is 29.7. The van der Waals surface area contributed by atoms with Crippen molar-refractivity contribution in [3.05, 3.63) is 27.9 Å². The molecule has 0 N–H and O–H groups in total. The molecule has 6 heteroatoms. The first kappa shape index (κ1) is 14.4. The molecule has 1 heterocycles. The summed E-state index contributed by atoms with van der Waals surface area (Å²) >= 11 is 1.20. The van der Waals surface area contributed by atoms with Crippen molar-refractivity contribution < 1.29 is 14.3 Å². The predicted octanol–water partition coefficient (Wildman–Crippen LogP) is 1.89. The molecule has 5 nitrogen and oxygen atoms in total. The number of ketones is 1. The summed E-state index contributed by atoms with van der Waals surface area (Å²) < 4.78 is 4.88. The van der Waals surface area contributed by atoms with Crippen molar-refractivity contribution in [2.75, 3.05) is 20.7 Å². The van der Waals surface area contributed by atoms with E-state index >= 15 is 0 Å². The lowest BCUT2D eigenvalue weighted by molar-refractivity contribution is 0.0517. The van der Waals surface area contributed by atoms with Crippen LogP contribution in [0.2, 0.25) is 0 Å². The maximum absolute atomic E-state index is 11.9. The van der Waals surface area contributed by atoms with Gasteiger partial charge in [-0.2, -0.15) is 0 Å². The molecule has 0 fully saturated rings. The molecule has 0 saturated heterocycles. The fraction of sp³-hybridized carbons (Fsp3) is 0.417. The van der Waals surface area contributed by atoms with Crippen LogP contribution < -0.4 is 0 Å². The van der Waals surface area contributed by atoms with Crippen molar-refractivity contribution in [2.24, 2.45) is 0 Å². The van der Waals surface area contributed by atoms with Gasteiger partial charge in [-0.05, 0) is 13.8 Å². The van der Waals surface area contributed by atoms with Gasteiger partial charge < -0.3 is 9.64 Å². The number of hydrogen-bond acceptors (Lipinski definition) is 6. The molecule has 98 valence electrons. The van der Waals surface area contributed by atoms with E-state index in [1.54, 1.807) is 24.9 Å². The van der Waals surface area contributed by atoms with Crippen LogP contribution >= 0.6 is 11.3 Å². The Hall–Kier alpha value is -1.69. The molecule has 0 aliphatic carbocycles. The minimum Gasteiger partial charge on any atom is -0.461 e.